The van der Waals surface area contributed by atoms with Crippen molar-refractivity contribution in [1.82, 2.24) is 15.1 Å². The first kappa shape index (κ1) is 25.0. The molecule has 0 spiro atoms. The fourth-order valence-electron chi connectivity index (χ4n) is 5.27. The number of aliphatic hydroxyl groups is 1. The average molecular weight is 499 g/mol. The Bertz CT molecular complexity index is 1250. The summed E-state index contributed by atoms with van der Waals surface area (Å²) >= 11 is 0. The van der Waals surface area contributed by atoms with Crippen LogP contribution < -0.4 is 16.4 Å². The highest BCUT2D eigenvalue weighted by Gasteiger charge is 2.39. The van der Waals surface area contributed by atoms with Gasteiger partial charge in [0.15, 0.2) is 5.82 Å². The highest BCUT2D eigenvalue weighted by Crippen LogP contribution is 2.39. The van der Waals surface area contributed by atoms with Gasteiger partial charge in [-0.3, -0.25) is 9.48 Å². The van der Waals surface area contributed by atoms with Gasteiger partial charge in [-0.25, -0.2) is 0 Å². The molecule has 0 aliphatic heterocycles. The molecule has 1 atom stereocenters. The zero-order valence-electron chi connectivity index (χ0n) is 20.9. The van der Waals surface area contributed by atoms with Gasteiger partial charge in [0.25, 0.3) is 5.91 Å². The molecule has 2 aliphatic rings. The Hall–Kier alpha value is -3.67. The van der Waals surface area contributed by atoms with Gasteiger partial charge in [0.1, 0.15) is 11.8 Å². The molecule has 8 heteroatoms. The Labute approximate surface area is 217 Å². The van der Waals surface area contributed by atoms with Gasteiger partial charge >= 0.3 is 0 Å². The van der Waals surface area contributed by atoms with Crippen LogP contribution in [0.2, 0.25) is 0 Å². The maximum atomic E-state index is 12.1. The number of aliphatic hydroxyl groups excluding tert-OH is 1. The summed E-state index contributed by atoms with van der Waals surface area (Å²) in [6.45, 7) is 0.783. The van der Waals surface area contributed by atoms with Crippen molar-refractivity contribution >= 4 is 11.7 Å². The lowest BCUT2D eigenvalue weighted by atomic mass is 9.77. The zero-order valence-corrected chi connectivity index (χ0v) is 20.9. The summed E-state index contributed by atoms with van der Waals surface area (Å²) in [5, 5.41) is 31.2. The molecule has 0 bridgehead atoms. The molecule has 1 unspecified atom stereocenters. The van der Waals surface area contributed by atoms with E-state index in [1.165, 1.54) is 16.7 Å². The lowest BCUT2D eigenvalue weighted by molar-refractivity contribution is 0.1000. The summed E-state index contributed by atoms with van der Waals surface area (Å²) in [7, 11) is 0. The third kappa shape index (κ3) is 5.68. The van der Waals surface area contributed by atoms with E-state index in [0.29, 0.717) is 18.3 Å². The standard InChI is InChI=1S/C29H34N6O2/c30-17-16-29(35-19-25(26(31)36)27(34-35)33-28(37)23-10-11-23)14-12-24(13-15-29)32-18-20-6-8-22(9-7-20)21-4-2-1-3-5-21/h1-9,19,23-24,28,32,37H,10-16,18H2,(H2,31,36)(H,33,34). The number of amides is 1. The van der Waals surface area contributed by atoms with Crippen molar-refractivity contribution in [3.05, 3.63) is 71.9 Å². The molecule has 0 radical (unpaired) electrons. The Morgan fingerprint density at radius 1 is 1.11 bits per heavy atom. The van der Waals surface area contributed by atoms with Crippen LogP contribution in [0, 0.1) is 17.2 Å². The molecule has 2 aromatic carbocycles. The number of nitrogens with two attached hydrogens (primary N) is 1. The average Bonchev–Trinajstić information content (AvgIpc) is 3.69. The quantitative estimate of drug-likeness (QED) is 0.311. The SMILES string of the molecule is N#CCC1(n2cc(C(N)=O)c(NC(O)C3CC3)n2)CCC(NCc2ccc(-c3ccccc3)cc2)CC1. The van der Waals surface area contributed by atoms with E-state index < -0.39 is 17.7 Å². The second-order valence-electron chi connectivity index (χ2n) is 10.4. The summed E-state index contributed by atoms with van der Waals surface area (Å²) in [5.41, 5.74) is 9.01. The van der Waals surface area contributed by atoms with E-state index in [4.69, 9.17) is 5.73 Å². The van der Waals surface area contributed by atoms with Crippen molar-refractivity contribution in [2.45, 2.75) is 69.3 Å². The summed E-state index contributed by atoms with van der Waals surface area (Å²) in [6.07, 6.45) is 6.39. The van der Waals surface area contributed by atoms with E-state index >= 15 is 0 Å². The number of nitrogens with zero attached hydrogens (tertiary/aromatic N) is 3. The van der Waals surface area contributed by atoms with Crippen LogP contribution >= 0.6 is 0 Å². The number of rotatable bonds is 10. The minimum absolute atomic E-state index is 0.176. The van der Waals surface area contributed by atoms with Gasteiger partial charge in [0, 0.05) is 24.7 Å². The predicted octanol–water partition coefficient (Wildman–Crippen LogP) is 4.13. The number of benzene rings is 2. The Kier molecular flexibility index (Phi) is 7.26. The molecule has 1 aromatic heterocycles. The topological polar surface area (TPSA) is 129 Å². The number of carbonyl (C=O) groups is 1. The molecule has 192 valence electrons. The maximum Gasteiger partial charge on any atom is 0.254 e. The number of hydrogen-bond donors (Lipinski definition) is 4. The number of carbonyl (C=O) groups excluding carboxylic acids is 1. The van der Waals surface area contributed by atoms with E-state index in [1.807, 2.05) is 18.2 Å². The van der Waals surface area contributed by atoms with Crippen molar-refractivity contribution < 1.29 is 9.90 Å². The lowest BCUT2D eigenvalue weighted by Gasteiger charge is -2.39. The molecule has 37 heavy (non-hydrogen) atoms. The normalized spacial score (nSPS) is 22.2. The number of nitrogens with one attached hydrogen (secondary N) is 2. The molecule has 8 nitrogen and oxygen atoms in total. The number of aromatic nitrogens is 2. The molecule has 2 saturated carbocycles. The van der Waals surface area contributed by atoms with E-state index in [2.05, 4.69) is 58.2 Å². The van der Waals surface area contributed by atoms with Crippen molar-refractivity contribution in [3.63, 3.8) is 0 Å². The van der Waals surface area contributed by atoms with Gasteiger partial charge in [-0.2, -0.15) is 10.4 Å². The molecule has 2 aliphatic carbocycles. The first-order valence-corrected chi connectivity index (χ1v) is 13.1. The van der Waals surface area contributed by atoms with Crippen LogP contribution in [0.4, 0.5) is 5.82 Å². The summed E-state index contributed by atoms with van der Waals surface area (Å²) < 4.78 is 1.75. The Balaban J connectivity index is 1.22. The molecule has 5 N–H and O–H groups in total. The largest absolute Gasteiger partial charge is 0.373 e. The van der Waals surface area contributed by atoms with Gasteiger partial charge in [0.05, 0.1) is 18.0 Å². The number of nitriles is 1. The smallest absolute Gasteiger partial charge is 0.254 e. The zero-order chi connectivity index (χ0) is 25.8. The minimum Gasteiger partial charge on any atom is -0.373 e. The number of anilines is 1. The highest BCUT2D eigenvalue weighted by molar-refractivity contribution is 5.97. The van der Waals surface area contributed by atoms with Crippen molar-refractivity contribution in [3.8, 4) is 17.2 Å². The highest BCUT2D eigenvalue weighted by atomic mass is 16.3. The molecule has 3 aromatic rings. The summed E-state index contributed by atoms with van der Waals surface area (Å²) in [4.78, 5) is 12.1. The van der Waals surface area contributed by atoms with Gasteiger partial charge in [-0.1, -0.05) is 54.6 Å². The van der Waals surface area contributed by atoms with Gasteiger partial charge in [0.2, 0.25) is 0 Å². The molecular formula is C29H34N6O2. The Morgan fingerprint density at radius 2 is 1.78 bits per heavy atom. The molecular weight excluding hydrogens is 464 g/mol. The Morgan fingerprint density at radius 3 is 2.41 bits per heavy atom. The van der Waals surface area contributed by atoms with Crippen LogP contribution in [-0.4, -0.2) is 33.1 Å². The fourth-order valence-corrected chi connectivity index (χ4v) is 5.27. The van der Waals surface area contributed by atoms with Crippen molar-refractivity contribution in [2.24, 2.45) is 11.7 Å². The van der Waals surface area contributed by atoms with Crippen LogP contribution in [0.1, 0.15) is 60.9 Å². The van der Waals surface area contributed by atoms with Crippen LogP contribution in [0.3, 0.4) is 0 Å². The number of hydrogen-bond acceptors (Lipinski definition) is 6. The third-order valence-corrected chi connectivity index (χ3v) is 7.80. The van der Waals surface area contributed by atoms with Crippen LogP contribution in [0.5, 0.6) is 0 Å². The van der Waals surface area contributed by atoms with Gasteiger partial charge in [-0.15, -0.1) is 0 Å². The molecule has 0 saturated heterocycles. The third-order valence-electron chi connectivity index (χ3n) is 7.80. The van der Waals surface area contributed by atoms with E-state index in [0.717, 1.165) is 45.1 Å². The van der Waals surface area contributed by atoms with Gasteiger partial charge < -0.3 is 21.5 Å². The van der Waals surface area contributed by atoms with E-state index in [9.17, 15) is 15.2 Å². The summed E-state index contributed by atoms with van der Waals surface area (Å²) in [5.74, 6) is -0.129. The summed E-state index contributed by atoms with van der Waals surface area (Å²) in [6, 6.07) is 21.7. The van der Waals surface area contributed by atoms with E-state index in [-0.39, 0.29) is 11.5 Å². The first-order chi connectivity index (χ1) is 18.0. The minimum atomic E-state index is -0.755. The first-order valence-electron chi connectivity index (χ1n) is 13.1. The lowest BCUT2D eigenvalue weighted by Crippen LogP contribution is -2.43. The monoisotopic (exact) mass is 498 g/mol. The van der Waals surface area contributed by atoms with Crippen LogP contribution in [0.15, 0.2) is 60.8 Å². The second kappa shape index (κ2) is 10.8. The fraction of sp³-hybridized carbons (Fsp3) is 0.414. The van der Waals surface area contributed by atoms with Crippen LogP contribution in [0.25, 0.3) is 11.1 Å². The predicted molar refractivity (Wildman–Crippen MR) is 142 cm³/mol. The van der Waals surface area contributed by atoms with E-state index in [1.54, 1.807) is 10.9 Å². The molecule has 1 amide bonds. The second-order valence-corrected chi connectivity index (χ2v) is 10.4. The van der Waals surface area contributed by atoms with Gasteiger partial charge in [-0.05, 0) is 55.2 Å². The van der Waals surface area contributed by atoms with Crippen molar-refractivity contribution in [1.29, 1.82) is 5.26 Å². The van der Waals surface area contributed by atoms with Crippen LogP contribution in [-0.2, 0) is 12.1 Å². The molecule has 5 rings (SSSR count). The maximum absolute atomic E-state index is 12.1. The molecule has 1 heterocycles. The molecule has 2 fully saturated rings. The number of primary amides is 1. The van der Waals surface area contributed by atoms with Crippen molar-refractivity contribution in [2.75, 3.05) is 5.32 Å².